The largest absolute Gasteiger partial charge is 0.467 e. The van der Waals surface area contributed by atoms with Crippen molar-refractivity contribution >= 4 is 23.9 Å². The predicted molar refractivity (Wildman–Crippen MR) is 145 cm³/mol. The first-order chi connectivity index (χ1) is 18.0. The van der Waals surface area contributed by atoms with Crippen LogP contribution < -0.4 is 21.7 Å². The molecule has 0 aromatic heterocycles. The zero-order valence-electron chi connectivity index (χ0n) is 22.3. The Hall–Kier alpha value is -4.08. The molecule has 0 unspecified atom stereocenters. The van der Waals surface area contributed by atoms with Gasteiger partial charge in [0.25, 0.3) is 0 Å². The number of carbonyl (C=O) groups is 3. The molecule has 10 heteroatoms. The summed E-state index contributed by atoms with van der Waals surface area (Å²) in [4.78, 5) is 38.4. The van der Waals surface area contributed by atoms with E-state index in [0.717, 1.165) is 22.3 Å². The van der Waals surface area contributed by atoms with E-state index in [-0.39, 0.29) is 24.9 Å². The molecule has 0 spiro atoms. The Morgan fingerprint density at radius 1 is 1.00 bits per heavy atom. The third-order valence-electron chi connectivity index (χ3n) is 6.52. The molecule has 2 aromatic carbocycles. The van der Waals surface area contributed by atoms with E-state index in [4.69, 9.17) is 20.6 Å². The number of amides is 2. The minimum atomic E-state index is -0.972. The van der Waals surface area contributed by atoms with Gasteiger partial charge in [-0.2, -0.15) is 0 Å². The van der Waals surface area contributed by atoms with Gasteiger partial charge in [-0.25, -0.2) is 9.59 Å². The minimum Gasteiger partial charge on any atom is -0.467 e. The average Bonchev–Trinajstić information content (AvgIpc) is 3.20. The van der Waals surface area contributed by atoms with Crippen molar-refractivity contribution in [3.8, 4) is 11.1 Å². The maximum Gasteiger partial charge on any atom is 0.407 e. The van der Waals surface area contributed by atoms with Crippen LogP contribution in [0.5, 0.6) is 0 Å². The number of esters is 1. The molecular formula is C28H37N5O5. The summed E-state index contributed by atoms with van der Waals surface area (Å²) in [5.41, 5.74) is 9.03. The Labute approximate surface area is 223 Å². The molecule has 204 valence electrons. The molecule has 1 aliphatic carbocycles. The lowest BCUT2D eigenvalue weighted by atomic mass is 9.86. The number of nitrogens with two attached hydrogens (primary N) is 1. The number of methoxy groups -OCH3 is 1. The van der Waals surface area contributed by atoms with Crippen LogP contribution in [0.3, 0.4) is 0 Å². The summed E-state index contributed by atoms with van der Waals surface area (Å²) in [6.07, 6.45) is 0.00217. The molecule has 2 amide bonds. The molecule has 38 heavy (non-hydrogen) atoms. The van der Waals surface area contributed by atoms with Crippen LogP contribution in [0.1, 0.15) is 50.7 Å². The zero-order chi connectivity index (χ0) is 27.9. The smallest absolute Gasteiger partial charge is 0.407 e. The summed E-state index contributed by atoms with van der Waals surface area (Å²) < 4.78 is 10.5. The van der Waals surface area contributed by atoms with E-state index in [1.807, 2.05) is 57.2 Å². The van der Waals surface area contributed by atoms with Crippen LogP contribution in [0, 0.1) is 10.8 Å². The highest BCUT2D eigenvalue weighted by Gasteiger charge is 2.36. The van der Waals surface area contributed by atoms with Crippen molar-refractivity contribution in [2.45, 2.75) is 51.6 Å². The standard InChI is InChI=1S/C28H37N5O5/c1-28(2,3)23(24(34)32-22(25(35)37-4)14-9-15-31-26(29)30)33-27(36)38-16-21-19-12-7-5-10-17(19)18-11-6-8-13-20(18)21/h5-8,10-13,21-23H,9,14-16H2,1-4H3,(H,32,34)(H,33,36)(H4,29,30,31)/t22-,23+/m0/s1. The Kier molecular flexibility index (Phi) is 9.33. The van der Waals surface area contributed by atoms with Crippen molar-refractivity contribution in [3.05, 3.63) is 59.7 Å². The number of carbonyl (C=O) groups excluding carboxylic acids is 3. The number of rotatable bonds is 10. The van der Waals surface area contributed by atoms with Gasteiger partial charge in [-0.3, -0.25) is 10.2 Å². The van der Waals surface area contributed by atoms with E-state index < -0.39 is 35.5 Å². The lowest BCUT2D eigenvalue weighted by molar-refractivity contribution is -0.145. The molecule has 3 rings (SSSR count). The first-order valence-corrected chi connectivity index (χ1v) is 12.6. The molecule has 0 saturated carbocycles. The lowest BCUT2D eigenvalue weighted by Gasteiger charge is -2.31. The number of hydrogen-bond acceptors (Lipinski definition) is 6. The molecular weight excluding hydrogens is 486 g/mol. The van der Waals surface area contributed by atoms with E-state index in [2.05, 4.69) is 28.1 Å². The second-order valence-corrected chi connectivity index (χ2v) is 10.3. The van der Waals surface area contributed by atoms with Crippen molar-refractivity contribution in [2.24, 2.45) is 11.1 Å². The molecule has 2 aromatic rings. The van der Waals surface area contributed by atoms with Gasteiger partial charge in [0.05, 0.1) is 7.11 Å². The van der Waals surface area contributed by atoms with Crippen LogP contribution in [-0.4, -0.2) is 56.3 Å². The molecule has 0 heterocycles. The number of ether oxygens (including phenoxy) is 2. The number of alkyl carbamates (subject to hydrolysis) is 1. The summed E-state index contributed by atoms with van der Waals surface area (Å²) in [5.74, 6) is -1.41. The SMILES string of the molecule is COC(=O)[C@H](CCCNC(=N)N)NC(=O)[C@@H](NC(=O)OCC1c2ccccc2-c2ccccc21)C(C)(C)C. The second kappa shape index (κ2) is 12.4. The fourth-order valence-corrected chi connectivity index (χ4v) is 4.61. The highest BCUT2D eigenvalue weighted by atomic mass is 16.5. The van der Waals surface area contributed by atoms with Gasteiger partial charge in [0.15, 0.2) is 5.96 Å². The third kappa shape index (κ3) is 7.02. The van der Waals surface area contributed by atoms with Gasteiger partial charge < -0.3 is 31.2 Å². The minimum absolute atomic E-state index is 0.109. The van der Waals surface area contributed by atoms with Gasteiger partial charge in [-0.1, -0.05) is 69.3 Å². The number of guanidine groups is 1. The number of nitrogens with one attached hydrogen (secondary N) is 4. The Balaban J connectivity index is 1.65. The molecule has 10 nitrogen and oxygen atoms in total. The highest BCUT2D eigenvalue weighted by Crippen LogP contribution is 2.44. The number of benzene rings is 2. The van der Waals surface area contributed by atoms with Gasteiger partial charge >= 0.3 is 12.1 Å². The topological polar surface area (TPSA) is 156 Å². The molecule has 0 aliphatic heterocycles. The van der Waals surface area contributed by atoms with E-state index >= 15 is 0 Å². The second-order valence-electron chi connectivity index (χ2n) is 10.3. The molecule has 0 fully saturated rings. The van der Waals surface area contributed by atoms with Gasteiger partial charge in [-0.05, 0) is 40.5 Å². The normalized spacial score (nSPS) is 13.9. The number of fused-ring (bicyclic) bond motifs is 3. The van der Waals surface area contributed by atoms with Crippen LogP contribution in [0.4, 0.5) is 4.79 Å². The van der Waals surface area contributed by atoms with E-state index in [0.29, 0.717) is 13.0 Å². The van der Waals surface area contributed by atoms with Crippen molar-refractivity contribution in [1.29, 1.82) is 5.41 Å². The Morgan fingerprint density at radius 3 is 2.11 bits per heavy atom. The van der Waals surface area contributed by atoms with Crippen molar-refractivity contribution in [1.82, 2.24) is 16.0 Å². The van der Waals surface area contributed by atoms with E-state index in [1.54, 1.807) is 0 Å². The summed E-state index contributed by atoms with van der Waals surface area (Å²) in [5, 5.41) is 15.3. The van der Waals surface area contributed by atoms with Crippen LogP contribution in [-0.2, 0) is 19.1 Å². The average molecular weight is 524 g/mol. The van der Waals surface area contributed by atoms with Crippen LogP contribution in [0.2, 0.25) is 0 Å². The maximum atomic E-state index is 13.2. The fraction of sp³-hybridized carbons (Fsp3) is 0.429. The molecule has 6 N–H and O–H groups in total. The first kappa shape index (κ1) is 28.5. The quantitative estimate of drug-likeness (QED) is 0.139. The Morgan fingerprint density at radius 2 is 1.58 bits per heavy atom. The molecule has 0 bridgehead atoms. The van der Waals surface area contributed by atoms with E-state index in [9.17, 15) is 14.4 Å². The molecule has 0 saturated heterocycles. The highest BCUT2D eigenvalue weighted by molar-refractivity contribution is 5.90. The third-order valence-corrected chi connectivity index (χ3v) is 6.52. The monoisotopic (exact) mass is 523 g/mol. The summed E-state index contributed by atoms with van der Waals surface area (Å²) in [6, 6.07) is 14.2. The van der Waals surface area contributed by atoms with Crippen molar-refractivity contribution in [3.63, 3.8) is 0 Å². The molecule has 2 atom stereocenters. The van der Waals surface area contributed by atoms with Crippen LogP contribution >= 0.6 is 0 Å². The summed E-state index contributed by atoms with van der Waals surface area (Å²) in [7, 11) is 1.24. The Bertz CT molecular complexity index is 1130. The predicted octanol–water partition coefficient (Wildman–Crippen LogP) is 2.86. The van der Waals surface area contributed by atoms with Crippen molar-refractivity contribution < 1.29 is 23.9 Å². The van der Waals surface area contributed by atoms with Gasteiger partial charge in [-0.15, -0.1) is 0 Å². The fourth-order valence-electron chi connectivity index (χ4n) is 4.61. The van der Waals surface area contributed by atoms with Gasteiger partial charge in [0, 0.05) is 12.5 Å². The van der Waals surface area contributed by atoms with Crippen LogP contribution in [0.15, 0.2) is 48.5 Å². The maximum absolute atomic E-state index is 13.2. The molecule has 0 radical (unpaired) electrons. The van der Waals surface area contributed by atoms with Gasteiger partial charge in [0.1, 0.15) is 18.7 Å². The summed E-state index contributed by atoms with van der Waals surface area (Å²) in [6.45, 7) is 5.91. The zero-order valence-corrected chi connectivity index (χ0v) is 22.3. The lowest BCUT2D eigenvalue weighted by Crippen LogP contribution is -2.56. The molecule has 1 aliphatic rings. The summed E-state index contributed by atoms with van der Waals surface area (Å²) >= 11 is 0. The van der Waals surface area contributed by atoms with Gasteiger partial charge in [0.2, 0.25) is 5.91 Å². The first-order valence-electron chi connectivity index (χ1n) is 12.6. The number of hydrogen-bond donors (Lipinski definition) is 5. The van der Waals surface area contributed by atoms with Crippen LogP contribution in [0.25, 0.3) is 11.1 Å². The van der Waals surface area contributed by atoms with Crippen molar-refractivity contribution in [2.75, 3.05) is 20.3 Å². The van der Waals surface area contributed by atoms with E-state index in [1.165, 1.54) is 7.11 Å².